The van der Waals surface area contributed by atoms with Gasteiger partial charge in [-0.3, -0.25) is 5.41 Å². The summed E-state index contributed by atoms with van der Waals surface area (Å²) >= 11 is 0. The molecule has 0 saturated heterocycles. The highest BCUT2D eigenvalue weighted by Crippen LogP contribution is 2.13. The third-order valence-corrected chi connectivity index (χ3v) is 2.10. The van der Waals surface area contributed by atoms with Crippen LogP contribution in [-0.2, 0) is 0 Å². The molecule has 1 aromatic carbocycles. The van der Waals surface area contributed by atoms with Crippen LogP contribution in [0.5, 0.6) is 0 Å². The summed E-state index contributed by atoms with van der Waals surface area (Å²) in [6, 6.07) is 6.85. The van der Waals surface area contributed by atoms with Gasteiger partial charge < -0.3 is 5.21 Å². The smallest absolute Gasteiger partial charge is 0.179 e. The van der Waals surface area contributed by atoms with Crippen molar-refractivity contribution in [2.45, 2.75) is 0 Å². The van der Waals surface area contributed by atoms with Crippen LogP contribution in [0.25, 0.3) is 10.9 Å². The molecule has 74 valence electrons. The Kier molecular flexibility index (Phi) is 1.90. The van der Waals surface area contributed by atoms with E-state index in [1.54, 1.807) is 6.07 Å². The van der Waals surface area contributed by atoms with E-state index in [0.29, 0.717) is 15.6 Å². The lowest BCUT2D eigenvalue weighted by molar-refractivity contribution is 0.184. The van der Waals surface area contributed by atoms with Gasteiger partial charge in [-0.1, -0.05) is 0 Å². The summed E-state index contributed by atoms with van der Waals surface area (Å²) in [5.41, 5.74) is -0.0207. The lowest BCUT2D eigenvalue weighted by atomic mass is 10.1. The molecule has 0 amide bonds. The molecule has 1 heterocycles. The van der Waals surface area contributed by atoms with Gasteiger partial charge >= 0.3 is 0 Å². The molecule has 0 radical (unpaired) electrons. The second-order valence-corrected chi connectivity index (χ2v) is 3.03. The second-order valence-electron chi connectivity index (χ2n) is 3.03. The highest BCUT2D eigenvalue weighted by Gasteiger charge is 2.05. The van der Waals surface area contributed by atoms with E-state index in [1.165, 1.54) is 24.3 Å². The van der Waals surface area contributed by atoms with Gasteiger partial charge in [-0.25, -0.2) is 4.39 Å². The van der Waals surface area contributed by atoms with Crippen molar-refractivity contribution in [3.63, 3.8) is 0 Å². The average Bonchev–Trinajstić information content (AvgIpc) is 2.23. The van der Waals surface area contributed by atoms with Gasteiger partial charge in [-0.2, -0.15) is 9.99 Å². The number of hydrogen-bond acceptors (Lipinski definition) is 3. The zero-order valence-electron chi connectivity index (χ0n) is 7.53. The van der Waals surface area contributed by atoms with Crippen LogP contribution in [-0.4, -0.2) is 9.94 Å². The minimum atomic E-state index is -0.455. The predicted octanol–water partition coefficient (Wildman–Crippen LogP) is 1.37. The quantitative estimate of drug-likeness (QED) is 0.634. The van der Waals surface area contributed by atoms with Gasteiger partial charge in [-0.15, -0.1) is 0 Å². The van der Waals surface area contributed by atoms with E-state index in [4.69, 9.17) is 10.7 Å². The number of benzene rings is 1. The van der Waals surface area contributed by atoms with Crippen LogP contribution in [0, 0.1) is 22.6 Å². The Morgan fingerprint density at radius 3 is 2.80 bits per heavy atom. The van der Waals surface area contributed by atoms with E-state index < -0.39 is 5.82 Å². The van der Waals surface area contributed by atoms with Crippen molar-refractivity contribution in [2.24, 2.45) is 0 Å². The number of rotatable bonds is 0. The van der Waals surface area contributed by atoms with Crippen LogP contribution in [0.4, 0.5) is 4.39 Å². The molecule has 0 fully saturated rings. The third-order valence-electron chi connectivity index (χ3n) is 2.10. The number of halogens is 1. The number of nitriles is 1. The molecule has 0 unspecified atom stereocenters. The predicted molar refractivity (Wildman–Crippen MR) is 49.7 cm³/mol. The molecular formula is C10H6FN3O. The van der Waals surface area contributed by atoms with Crippen molar-refractivity contribution < 1.29 is 9.60 Å². The fraction of sp³-hybridized carbons (Fsp3) is 0. The van der Waals surface area contributed by atoms with Crippen LogP contribution in [0.1, 0.15) is 5.56 Å². The molecule has 0 aliphatic carbocycles. The maximum atomic E-state index is 12.9. The van der Waals surface area contributed by atoms with Gasteiger partial charge in [0.25, 0.3) is 0 Å². The molecule has 2 N–H and O–H groups in total. The Balaban J connectivity index is 2.99. The number of pyridine rings is 1. The van der Waals surface area contributed by atoms with E-state index in [0.717, 1.165) is 0 Å². The van der Waals surface area contributed by atoms with E-state index in [9.17, 15) is 9.60 Å². The summed E-state index contributed by atoms with van der Waals surface area (Å²) < 4.78 is 13.4. The summed E-state index contributed by atoms with van der Waals surface area (Å²) in [4.78, 5) is 0. The summed E-state index contributed by atoms with van der Waals surface area (Å²) in [5.74, 6) is -0.455. The number of nitrogens with one attached hydrogen (secondary N) is 1. The minimum absolute atomic E-state index is 0.00407. The first-order valence-electron chi connectivity index (χ1n) is 4.13. The fourth-order valence-corrected chi connectivity index (χ4v) is 1.38. The van der Waals surface area contributed by atoms with Gasteiger partial charge in [0.1, 0.15) is 11.9 Å². The maximum absolute atomic E-state index is 12.9. The van der Waals surface area contributed by atoms with Gasteiger partial charge in [0, 0.05) is 5.39 Å². The lowest BCUT2D eigenvalue weighted by Crippen LogP contribution is -2.20. The highest BCUT2D eigenvalue weighted by molar-refractivity contribution is 5.79. The van der Waals surface area contributed by atoms with Crippen molar-refractivity contribution in [3.8, 4) is 6.07 Å². The minimum Gasteiger partial charge on any atom is -0.426 e. The zero-order valence-corrected chi connectivity index (χ0v) is 7.53. The van der Waals surface area contributed by atoms with Crippen LogP contribution in [0.3, 0.4) is 0 Å². The first-order chi connectivity index (χ1) is 7.13. The molecule has 4 nitrogen and oxygen atoms in total. The number of fused-ring (bicyclic) bond motifs is 1. The molecule has 0 atom stereocenters. The molecule has 0 aliphatic rings. The van der Waals surface area contributed by atoms with Crippen molar-refractivity contribution in [3.05, 3.63) is 41.1 Å². The van der Waals surface area contributed by atoms with E-state index in [-0.39, 0.29) is 11.1 Å². The zero-order chi connectivity index (χ0) is 11.0. The Bertz CT molecular complexity index is 639. The summed E-state index contributed by atoms with van der Waals surface area (Å²) in [6.07, 6.45) is 0. The van der Waals surface area contributed by atoms with Gasteiger partial charge in [-0.05, 0) is 24.3 Å². The summed E-state index contributed by atoms with van der Waals surface area (Å²) in [7, 11) is 0. The fourth-order valence-electron chi connectivity index (χ4n) is 1.38. The SMILES string of the molecule is N#Cc1cc2cc(F)ccc2n(O)c1=N. The normalized spacial score (nSPS) is 10.1. The van der Waals surface area contributed by atoms with Crippen LogP contribution in [0.15, 0.2) is 24.3 Å². The van der Waals surface area contributed by atoms with E-state index >= 15 is 0 Å². The van der Waals surface area contributed by atoms with E-state index in [2.05, 4.69) is 0 Å². The third kappa shape index (κ3) is 1.32. The largest absolute Gasteiger partial charge is 0.426 e. The van der Waals surface area contributed by atoms with Crippen molar-refractivity contribution in [1.82, 2.24) is 4.73 Å². The molecule has 2 aromatic rings. The summed E-state index contributed by atoms with van der Waals surface area (Å²) in [6.45, 7) is 0. The molecule has 2 rings (SSSR count). The molecule has 0 spiro atoms. The Labute approximate surface area is 83.9 Å². The van der Waals surface area contributed by atoms with E-state index in [1.807, 2.05) is 0 Å². The second kappa shape index (κ2) is 3.10. The molecule has 0 bridgehead atoms. The standard InChI is InChI=1S/C10H6FN3O/c11-8-1-2-9-6(4-8)3-7(5-12)10(13)14(9)15/h1-4,13,15H. The lowest BCUT2D eigenvalue weighted by Gasteiger charge is -2.04. The highest BCUT2D eigenvalue weighted by atomic mass is 19.1. The van der Waals surface area contributed by atoms with Gasteiger partial charge in [0.05, 0.1) is 11.1 Å². The summed E-state index contributed by atoms with van der Waals surface area (Å²) in [5, 5.41) is 26.0. The average molecular weight is 203 g/mol. The van der Waals surface area contributed by atoms with Gasteiger partial charge in [0.15, 0.2) is 5.49 Å². The van der Waals surface area contributed by atoms with Crippen molar-refractivity contribution in [2.75, 3.05) is 0 Å². The molecule has 5 heteroatoms. The maximum Gasteiger partial charge on any atom is 0.179 e. The Morgan fingerprint density at radius 2 is 2.13 bits per heavy atom. The Morgan fingerprint density at radius 1 is 1.40 bits per heavy atom. The number of aromatic nitrogens is 1. The number of nitrogens with zero attached hydrogens (tertiary/aromatic N) is 2. The Hall–Kier alpha value is -2.35. The van der Waals surface area contributed by atoms with Crippen molar-refractivity contribution in [1.29, 1.82) is 10.7 Å². The van der Waals surface area contributed by atoms with Crippen LogP contribution < -0.4 is 5.49 Å². The first-order valence-corrected chi connectivity index (χ1v) is 4.13. The van der Waals surface area contributed by atoms with Crippen molar-refractivity contribution >= 4 is 10.9 Å². The molecular weight excluding hydrogens is 197 g/mol. The van der Waals surface area contributed by atoms with Gasteiger partial charge in [0.2, 0.25) is 0 Å². The molecule has 0 saturated carbocycles. The monoisotopic (exact) mass is 203 g/mol. The number of hydrogen-bond donors (Lipinski definition) is 2. The molecule has 1 aromatic heterocycles. The molecule has 15 heavy (non-hydrogen) atoms. The van der Waals surface area contributed by atoms with Crippen LogP contribution >= 0.6 is 0 Å². The molecule has 0 aliphatic heterocycles. The first kappa shape index (κ1) is 9.21. The topological polar surface area (TPSA) is 72.8 Å². The van der Waals surface area contributed by atoms with Crippen LogP contribution in [0.2, 0.25) is 0 Å².